The molecule has 0 fully saturated rings. The van der Waals surface area contributed by atoms with Crippen molar-refractivity contribution in [2.45, 2.75) is 0 Å². The minimum atomic E-state index is -0.110. The van der Waals surface area contributed by atoms with Crippen molar-refractivity contribution >= 4 is 11.6 Å². The maximum Gasteiger partial charge on any atom is 0.271 e. The fourth-order valence-corrected chi connectivity index (χ4v) is 2.22. The van der Waals surface area contributed by atoms with Gasteiger partial charge >= 0.3 is 0 Å². The molecule has 0 aliphatic carbocycles. The first-order valence-corrected chi connectivity index (χ1v) is 6.26. The molecule has 0 aliphatic rings. The molecular weight excluding hydrogens is 260 g/mol. The number of H-pyrrole nitrogens is 1. The summed E-state index contributed by atoms with van der Waals surface area (Å²) in [5.74, 6) is 0. The number of nitrogens with one attached hydrogen (secondary N) is 1. The van der Waals surface area contributed by atoms with Gasteiger partial charge in [0.2, 0.25) is 0 Å². The van der Waals surface area contributed by atoms with Crippen LogP contribution in [0.4, 0.5) is 0 Å². The summed E-state index contributed by atoms with van der Waals surface area (Å²) in [6, 6.07) is 18.4. The van der Waals surface area contributed by atoms with Crippen molar-refractivity contribution in [3.63, 3.8) is 0 Å². The molecule has 2 aromatic carbocycles. The Kier molecular flexibility index (Phi) is 2.97. The fraction of sp³-hybridized carbons (Fsp3) is 0. The Hall–Kier alpha value is -2.26. The minimum Gasteiger partial charge on any atom is -0.290 e. The highest BCUT2D eigenvalue weighted by Gasteiger charge is 2.08. The standard InChI is InChI=1S/C15H11ClN2O/c16-13-9-5-4-8-12(13)14-10-15(19)18(17-14)11-6-2-1-3-7-11/h1-10,17H. The van der Waals surface area contributed by atoms with Crippen LogP contribution in [0.15, 0.2) is 65.5 Å². The molecule has 4 heteroatoms. The Labute approximate surface area is 115 Å². The number of hydrogen-bond donors (Lipinski definition) is 1. The third kappa shape index (κ3) is 2.20. The van der Waals surface area contributed by atoms with Gasteiger partial charge in [0.05, 0.1) is 11.4 Å². The normalized spacial score (nSPS) is 10.6. The van der Waals surface area contributed by atoms with Crippen molar-refractivity contribution < 1.29 is 0 Å². The first-order chi connectivity index (χ1) is 9.25. The second-order valence-electron chi connectivity index (χ2n) is 4.16. The van der Waals surface area contributed by atoms with Crippen LogP contribution in [-0.4, -0.2) is 9.78 Å². The molecule has 3 rings (SSSR count). The second-order valence-corrected chi connectivity index (χ2v) is 4.57. The summed E-state index contributed by atoms with van der Waals surface area (Å²) in [5, 5.41) is 3.69. The molecule has 94 valence electrons. The number of aromatic nitrogens is 2. The van der Waals surface area contributed by atoms with Gasteiger partial charge in [0, 0.05) is 16.7 Å². The maximum atomic E-state index is 12.0. The largest absolute Gasteiger partial charge is 0.290 e. The van der Waals surface area contributed by atoms with E-state index >= 15 is 0 Å². The number of aromatic amines is 1. The van der Waals surface area contributed by atoms with E-state index in [2.05, 4.69) is 5.10 Å². The lowest BCUT2D eigenvalue weighted by Crippen LogP contribution is -2.12. The SMILES string of the molecule is O=c1cc(-c2ccccc2Cl)[nH]n1-c1ccccc1. The molecule has 0 radical (unpaired) electrons. The molecule has 0 aliphatic heterocycles. The van der Waals surface area contributed by atoms with Gasteiger partial charge in [0.25, 0.3) is 5.56 Å². The van der Waals surface area contributed by atoms with Gasteiger partial charge in [-0.1, -0.05) is 48.0 Å². The van der Waals surface area contributed by atoms with Crippen LogP contribution in [0.1, 0.15) is 0 Å². The number of benzene rings is 2. The molecule has 0 bridgehead atoms. The van der Waals surface area contributed by atoms with E-state index < -0.39 is 0 Å². The van der Waals surface area contributed by atoms with E-state index in [1.165, 1.54) is 4.68 Å². The third-order valence-electron chi connectivity index (χ3n) is 2.90. The van der Waals surface area contributed by atoms with Crippen molar-refractivity contribution in [3.8, 4) is 16.9 Å². The summed E-state index contributed by atoms with van der Waals surface area (Å²) < 4.78 is 1.50. The molecule has 0 unspecified atom stereocenters. The topological polar surface area (TPSA) is 37.8 Å². The van der Waals surface area contributed by atoms with Gasteiger partial charge in [-0.3, -0.25) is 9.89 Å². The molecule has 3 nitrogen and oxygen atoms in total. The zero-order valence-electron chi connectivity index (χ0n) is 10.0. The molecule has 1 heterocycles. The van der Waals surface area contributed by atoms with Crippen molar-refractivity contribution in [3.05, 3.63) is 76.0 Å². The van der Waals surface area contributed by atoms with Gasteiger partial charge in [0.1, 0.15) is 0 Å². The molecular formula is C15H11ClN2O. The summed E-state index contributed by atoms with van der Waals surface area (Å²) in [4.78, 5) is 12.0. The summed E-state index contributed by atoms with van der Waals surface area (Å²) >= 11 is 6.14. The van der Waals surface area contributed by atoms with Crippen molar-refractivity contribution in [2.75, 3.05) is 0 Å². The van der Waals surface area contributed by atoms with Crippen molar-refractivity contribution in [2.24, 2.45) is 0 Å². The maximum absolute atomic E-state index is 12.0. The number of halogens is 1. The van der Waals surface area contributed by atoms with Gasteiger partial charge in [-0.15, -0.1) is 0 Å². The lowest BCUT2D eigenvalue weighted by Gasteiger charge is -2.03. The molecule has 0 amide bonds. The summed E-state index contributed by atoms with van der Waals surface area (Å²) in [6.45, 7) is 0. The molecule has 1 N–H and O–H groups in total. The molecule has 0 atom stereocenters. The lowest BCUT2D eigenvalue weighted by atomic mass is 10.1. The quantitative estimate of drug-likeness (QED) is 0.760. The van der Waals surface area contributed by atoms with E-state index in [9.17, 15) is 4.79 Å². The Bertz CT molecular complexity index is 759. The zero-order valence-corrected chi connectivity index (χ0v) is 10.8. The number of hydrogen-bond acceptors (Lipinski definition) is 1. The van der Waals surface area contributed by atoms with Crippen LogP contribution in [-0.2, 0) is 0 Å². The van der Waals surface area contributed by atoms with Gasteiger partial charge in [-0.05, 0) is 18.2 Å². The average molecular weight is 271 g/mol. The molecule has 0 saturated heterocycles. The van der Waals surface area contributed by atoms with Gasteiger partial charge in [-0.2, -0.15) is 0 Å². The first-order valence-electron chi connectivity index (χ1n) is 5.88. The van der Waals surface area contributed by atoms with Crippen LogP contribution < -0.4 is 5.56 Å². The van der Waals surface area contributed by atoms with Crippen molar-refractivity contribution in [1.29, 1.82) is 0 Å². The van der Waals surface area contributed by atoms with Crippen molar-refractivity contribution in [1.82, 2.24) is 9.78 Å². The number of para-hydroxylation sites is 1. The summed E-state index contributed by atoms with van der Waals surface area (Å²) in [5.41, 5.74) is 2.21. The minimum absolute atomic E-state index is 0.110. The lowest BCUT2D eigenvalue weighted by molar-refractivity contribution is 0.852. The van der Waals surface area contributed by atoms with E-state index in [0.29, 0.717) is 10.7 Å². The highest BCUT2D eigenvalue weighted by atomic mass is 35.5. The smallest absolute Gasteiger partial charge is 0.271 e. The molecule has 0 saturated carbocycles. The van der Waals surface area contributed by atoms with Gasteiger partial charge in [-0.25, -0.2) is 4.68 Å². The highest BCUT2D eigenvalue weighted by Crippen LogP contribution is 2.25. The van der Waals surface area contributed by atoms with Crippen LogP contribution in [0.25, 0.3) is 16.9 Å². The monoisotopic (exact) mass is 270 g/mol. The predicted octanol–water partition coefficient (Wildman–Crippen LogP) is 3.49. The van der Waals surface area contributed by atoms with Gasteiger partial charge < -0.3 is 0 Å². The van der Waals surface area contributed by atoms with Crippen LogP contribution in [0.3, 0.4) is 0 Å². The van der Waals surface area contributed by atoms with Crippen LogP contribution in [0.5, 0.6) is 0 Å². The van der Waals surface area contributed by atoms with E-state index in [0.717, 1.165) is 11.3 Å². The van der Waals surface area contributed by atoms with Crippen LogP contribution >= 0.6 is 11.6 Å². The molecule has 19 heavy (non-hydrogen) atoms. The highest BCUT2D eigenvalue weighted by molar-refractivity contribution is 6.33. The fourth-order valence-electron chi connectivity index (χ4n) is 1.98. The van der Waals surface area contributed by atoms with Gasteiger partial charge in [0.15, 0.2) is 0 Å². The second kappa shape index (κ2) is 4.78. The number of rotatable bonds is 2. The Morgan fingerprint density at radius 3 is 2.37 bits per heavy atom. The predicted molar refractivity (Wildman–Crippen MR) is 76.8 cm³/mol. The van der Waals surface area contributed by atoms with E-state index in [-0.39, 0.29) is 5.56 Å². The van der Waals surface area contributed by atoms with Crippen LogP contribution in [0.2, 0.25) is 5.02 Å². The van der Waals surface area contributed by atoms with Crippen LogP contribution in [0, 0.1) is 0 Å². The molecule has 3 aromatic rings. The summed E-state index contributed by atoms with van der Waals surface area (Å²) in [7, 11) is 0. The Balaban J connectivity index is 2.13. The average Bonchev–Trinajstić information content (AvgIpc) is 2.82. The third-order valence-corrected chi connectivity index (χ3v) is 3.23. The molecule has 0 spiro atoms. The molecule has 1 aromatic heterocycles. The zero-order chi connectivity index (χ0) is 13.2. The van der Waals surface area contributed by atoms with E-state index in [4.69, 9.17) is 11.6 Å². The Morgan fingerprint density at radius 2 is 1.63 bits per heavy atom. The number of nitrogens with zero attached hydrogens (tertiary/aromatic N) is 1. The summed E-state index contributed by atoms with van der Waals surface area (Å²) in [6.07, 6.45) is 0. The first kappa shape index (κ1) is 11.8. The van der Waals surface area contributed by atoms with E-state index in [1.807, 2.05) is 48.5 Å². The Morgan fingerprint density at radius 1 is 0.947 bits per heavy atom. The van der Waals surface area contributed by atoms with E-state index in [1.54, 1.807) is 12.1 Å².